The Hall–Kier alpha value is -2.12. The van der Waals surface area contributed by atoms with Gasteiger partial charge in [-0.3, -0.25) is 14.6 Å². The third kappa shape index (κ3) is 5.23. The smallest absolute Gasteiger partial charge is 0.422 e. The highest BCUT2D eigenvalue weighted by Crippen LogP contribution is 2.45. The molecule has 0 aliphatic heterocycles. The summed E-state index contributed by atoms with van der Waals surface area (Å²) in [6.07, 6.45) is 1.37. The van der Waals surface area contributed by atoms with Crippen LogP contribution in [0.25, 0.3) is 0 Å². The molecule has 0 spiro atoms. The minimum Gasteiger partial charge on any atom is -0.484 e. The molecule has 1 aromatic heterocycles. The Labute approximate surface area is 162 Å². The quantitative estimate of drug-likeness (QED) is 0.638. The highest BCUT2D eigenvalue weighted by Gasteiger charge is 2.41. The van der Waals surface area contributed by atoms with Crippen molar-refractivity contribution in [3.8, 4) is 5.75 Å². The SMILES string of the molecule is CNC(=O)C(C)(CC(=O)c1cc(OCC(F)(F)F)c(C2CC2)cn1)CC1CC1. The van der Waals surface area contributed by atoms with Gasteiger partial charge in [0, 0.05) is 31.3 Å². The fraction of sp³-hybridized carbons (Fsp3) is 0.650. The van der Waals surface area contributed by atoms with Gasteiger partial charge in [-0.25, -0.2) is 0 Å². The van der Waals surface area contributed by atoms with Crippen LogP contribution in [0.4, 0.5) is 13.2 Å². The highest BCUT2D eigenvalue weighted by molar-refractivity contribution is 5.98. The topological polar surface area (TPSA) is 68.3 Å². The van der Waals surface area contributed by atoms with E-state index in [9.17, 15) is 22.8 Å². The van der Waals surface area contributed by atoms with Crippen LogP contribution in [0.15, 0.2) is 12.3 Å². The van der Waals surface area contributed by atoms with E-state index in [1.807, 2.05) is 0 Å². The van der Waals surface area contributed by atoms with Crippen LogP contribution < -0.4 is 10.1 Å². The summed E-state index contributed by atoms with van der Waals surface area (Å²) in [5.74, 6) is 0.0423. The first-order chi connectivity index (χ1) is 13.1. The number of alkyl halides is 3. The van der Waals surface area contributed by atoms with Gasteiger partial charge in [0.15, 0.2) is 12.4 Å². The maximum absolute atomic E-state index is 12.8. The first-order valence-corrected chi connectivity index (χ1v) is 9.56. The lowest BCUT2D eigenvalue weighted by molar-refractivity contribution is -0.153. The molecule has 5 nitrogen and oxygen atoms in total. The summed E-state index contributed by atoms with van der Waals surface area (Å²) in [4.78, 5) is 29.3. The lowest BCUT2D eigenvalue weighted by Gasteiger charge is -2.27. The molecule has 2 aliphatic rings. The van der Waals surface area contributed by atoms with Gasteiger partial charge in [0.25, 0.3) is 0 Å². The van der Waals surface area contributed by atoms with Crippen LogP contribution in [0, 0.1) is 11.3 Å². The molecule has 0 radical (unpaired) electrons. The third-order valence-electron chi connectivity index (χ3n) is 5.35. The molecule has 0 bridgehead atoms. The molecule has 8 heteroatoms. The number of ether oxygens (including phenoxy) is 1. The van der Waals surface area contributed by atoms with E-state index in [0.29, 0.717) is 17.9 Å². The van der Waals surface area contributed by atoms with E-state index in [-0.39, 0.29) is 35.5 Å². The van der Waals surface area contributed by atoms with E-state index < -0.39 is 18.2 Å². The van der Waals surface area contributed by atoms with Crippen molar-refractivity contribution in [3.05, 3.63) is 23.5 Å². The molecule has 2 aliphatic carbocycles. The number of carbonyl (C=O) groups excluding carboxylic acids is 2. The largest absolute Gasteiger partial charge is 0.484 e. The van der Waals surface area contributed by atoms with Gasteiger partial charge < -0.3 is 10.1 Å². The van der Waals surface area contributed by atoms with E-state index >= 15 is 0 Å². The number of nitrogens with zero attached hydrogens (tertiary/aromatic N) is 1. The summed E-state index contributed by atoms with van der Waals surface area (Å²) in [6.45, 7) is 0.337. The summed E-state index contributed by atoms with van der Waals surface area (Å²) in [7, 11) is 1.53. The second-order valence-corrected chi connectivity index (χ2v) is 8.17. The van der Waals surface area contributed by atoms with Crippen LogP contribution in [-0.4, -0.2) is 36.5 Å². The van der Waals surface area contributed by atoms with Crippen molar-refractivity contribution >= 4 is 11.7 Å². The second kappa shape index (κ2) is 7.72. The normalized spacial score (nSPS) is 19.0. The minimum atomic E-state index is -4.46. The molecule has 28 heavy (non-hydrogen) atoms. The Kier molecular flexibility index (Phi) is 5.68. The lowest BCUT2D eigenvalue weighted by atomic mass is 9.78. The number of amides is 1. The molecule has 0 saturated heterocycles. The lowest BCUT2D eigenvalue weighted by Crippen LogP contribution is -2.39. The first-order valence-electron chi connectivity index (χ1n) is 9.56. The van der Waals surface area contributed by atoms with Crippen molar-refractivity contribution in [2.24, 2.45) is 11.3 Å². The zero-order valence-corrected chi connectivity index (χ0v) is 16.1. The molecule has 0 aromatic carbocycles. The van der Waals surface area contributed by atoms with E-state index in [4.69, 9.17) is 4.74 Å². The van der Waals surface area contributed by atoms with Crippen molar-refractivity contribution in [3.63, 3.8) is 0 Å². The number of aromatic nitrogens is 1. The Morgan fingerprint density at radius 2 is 1.93 bits per heavy atom. The van der Waals surface area contributed by atoms with E-state index in [1.54, 1.807) is 6.92 Å². The fourth-order valence-electron chi connectivity index (χ4n) is 3.54. The summed E-state index contributed by atoms with van der Waals surface area (Å²) in [5, 5.41) is 2.61. The number of halogens is 3. The van der Waals surface area contributed by atoms with Crippen LogP contribution in [0.1, 0.15) is 67.4 Å². The second-order valence-electron chi connectivity index (χ2n) is 8.17. The zero-order valence-electron chi connectivity index (χ0n) is 16.1. The average Bonchev–Trinajstić information content (AvgIpc) is 3.52. The standard InChI is InChI=1S/C20H25F3N2O3/c1-19(18(27)24-2,8-12-3-4-12)9-16(26)15-7-17(28-11-20(21,22)23)14(10-25-15)13-5-6-13/h7,10,12-13H,3-6,8-9,11H2,1-2H3,(H,24,27). The molecule has 1 unspecified atom stereocenters. The molecule has 3 rings (SSSR count). The van der Waals surface area contributed by atoms with Crippen molar-refractivity contribution in [1.82, 2.24) is 10.3 Å². The van der Waals surface area contributed by atoms with Gasteiger partial charge in [-0.1, -0.05) is 19.8 Å². The predicted octanol–water partition coefficient (Wildman–Crippen LogP) is 4.03. The number of rotatable bonds is 9. The number of pyridine rings is 1. The first kappa shape index (κ1) is 20.6. The van der Waals surface area contributed by atoms with Crippen molar-refractivity contribution in [2.45, 2.75) is 57.5 Å². The zero-order chi connectivity index (χ0) is 20.5. The van der Waals surface area contributed by atoms with E-state index in [1.165, 1.54) is 19.3 Å². The minimum absolute atomic E-state index is 0.0347. The Balaban J connectivity index is 1.79. The van der Waals surface area contributed by atoms with Crippen molar-refractivity contribution in [1.29, 1.82) is 0 Å². The summed E-state index contributed by atoms with van der Waals surface area (Å²) < 4.78 is 42.7. The van der Waals surface area contributed by atoms with Crippen LogP contribution >= 0.6 is 0 Å². The highest BCUT2D eigenvalue weighted by atomic mass is 19.4. The molecule has 1 amide bonds. The van der Waals surface area contributed by atoms with Crippen LogP contribution in [0.2, 0.25) is 0 Å². The van der Waals surface area contributed by atoms with Gasteiger partial charge in [0.05, 0.1) is 5.41 Å². The van der Waals surface area contributed by atoms with Gasteiger partial charge in [0.2, 0.25) is 5.91 Å². The Morgan fingerprint density at radius 1 is 1.25 bits per heavy atom. The van der Waals surface area contributed by atoms with Crippen LogP contribution in [0.3, 0.4) is 0 Å². The van der Waals surface area contributed by atoms with Crippen LogP contribution in [-0.2, 0) is 4.79 Å². The molecular formula is C20H25F3N2O3. The number of ketones is 1. The fourth-order valence-corrected chi connectivity index (χ4v) is 3.54. The van der Waals surface area contributed by atoms with Crippen LogP contribution in [0.5, 0.6) is 5.75 Å². The number of hydrogen-bond donors (Lipinski definition) is 1. The molecule has 154 valence electrons. The molecule has 2 fully saturated rings. The third-order valence-corrected chi connectivity index (χ3v) is 5.35. The number of Topliss-reactive ketones (excluding diaryl/α,β-unsaturated/α-hetero) is 1. The number of nitrogens with one attached hydrogen (secondary N) is 1. The van der Waals surface area contributed by atoms with Crippen molar-refractivity contribution < 1.29 is 27.5 Å². The molecule has 1 heterocycles. The molecule has 1 atom stereocenters. The maximum atomic E-state index is 12.8. The summed E-state index contributed by atoms with van der Waals surface area (Å²) in [6, 6.07) is 1.29. The number of carbonyl (C=O) groups is 2. The molecule has 1 aromatic rings. The summed E-state index contributed by atoms with van der Waals surface area (Å²) in [5.41, 5.74) is -0.225. The van der Waals surface area contributed by atoms with Gasteiger partial charge in [-0.05, 0) is 31.1 Å². The monoisotopic (exact) mass is 398 g/mol. The predicted molar refractivity (Wildman–Crippen MR) is 96.2 cm³/mol. The van der Waals surface area contributed by atoms with Gasteiger partial charge >= 0.3 is 6.18 Å². The van der Waals surface area contributed by atoms with Crippen molar-refractivity contribution in [2.75, 3.05) is 13.7 Å². The molecular weight excluding hydrogens is 373 g/mol. The number of hydrogen-bond acceptors (Lipinski definition) is 4. The molecule has 2 saturated carbocycles. The Morgan fingerprint density at radius 3 is 2.46 bits per heavy atom. The Bertz CT molecular complexity index is 758. The maximum Gasteiger partial charge on any atom is 0.422 e. The summed E-state index contributed by atoms with van der Waals surface area (Å²) >= 11 is 0. The van der Waals surface area contributed by atoms with E-state index in [2.05, 4.69) is 10.3 Å². The van der Waals surface area contributed by atoms with E-state index in [0.717, 1.165) is 25.7 Å². The molecule has 1 N–H and O–H groups in total. The van der Waals surface area contributed by atoms with Gasteiger partial charge in [-0.2, -0.15) is 13.2 Å². The van der Waals surface area contributed by atoms with Gasteiger partial charge in [0.1, 0.15) is 11.4 Å². The van der Waals surface area contributed by atoms with Gasteiger partial charge in [-0.15, -0.1) is 0 Å². The average molecular weight is 398 g/mol.